The Morgan fingerprint density at radius 1 is 1.38 bits per heavy atom. The van der Waals surface area contributed by atoms with Crippen LogP contribution in [0, 0.1) is 5.92 Å². The second-order valence-corrected chi connectivity index (χ2v) is 5.69. The van der Waals surface area contributed by atoms with Crippen LogP contribution >= 0.6 is 0 Å². The molecule has 0 aliphatic heterocycles. The van der Waals surface area contributed by atoms with Crippen molar-refractivity contribution in [2.24, 2.45) is 10.3 Å². The molecule has 0 saturated heterocycles. The van der Waals surface area contributed by atoms with Crippen LogP contribution in [0.2, 0.25) is 0 Å². The van der Waals surface area contributed by atoms with Crippen LogP contribution in [-0.4, -0.2) is 16.0 Å². The van der Waals surface area contributed by atoms with Gasteiger partial charge >= 0.3 is 0 Å². The molecule has 0 heterocycles. The van der Waals surface area contributed by atoms with Crippen LogP contribution in [0.15, 0.2) is 4.36 Å². The highest BCUT2D eigenvalue weighted by Gasteiger charge is 2.19. The Morgan fingerprint density at radius 3 is 2.62 bits per heavy atom. The standard InChI is InChI=1S/C10H21NOS/c1-9(2)5-3-4-8-13(12)11-10-6-7-10/h9-10,13H,3-8H2,1-2H3. The molecule has 0 aromatic carbocycles. The average molecular weight is 203 g/mol. The predicted molar refractivity (Wildman–Crippen MR) is 58.5 cm³/mol. The van der Waals surface area contributed by atoms with Gasteiger partial charge in [0, 0.05) is 16.3 Å². The van der Waals surface area contributed by atoms with E-state index in [1.807, 2.05) is 0 Å². The van der Waals surface area contributed by atoms with E-state index < -0.39 is 10.6 Å². The van der Waals surface area contributed by atoms with E-state index in [0.29, 0.717) is 6.04 Å². The van der Waals surface area contributed by atoms with Gasteiger partial charge in [-0.3, -0.25) is 4.21 Å². The first-order valence-corrected chi connectivity index (χ1v) is 6.73. The van der Waals surface area contributed by atoms with E-state index in [4.69, 9.17) is 0 Å². The van der Waals surface area contributed by atoms with Crippen LogP contribution in [0.4, 0.5) is 0 Å². The van der Waals surface area contributed by atoms with Crippen molar-refractivity contribution in [2.45, 2.75) is 52.0 Å². The molecule has 0 bridgehead atoms. The van der Waals surface area contributed by atoms with Gasteiger partial charge < -0.3 is 0 Å². The minimum Gasteiger partial charge on any atom is -0.253 e. The summed E-state index contributed by atoms with van der Waals surface area (Å²) < 4.78 is 15.5. The highest BCUT2D eigenvalue weighted by molar-refractivity contribution is 7.74. The third kappa shape index (κ3) is 6.08. The van der Waals surface area contributed by atoms with E-state index in [2.05, 4.69) is 18.2 Å². The Morgan fingerprint density at radius 2 is 2.08 bits per heavy atom. The van der Waals surface area contributed by atoms with Crippen molar-refractivity contribution in [3.8, 4) is 0 Å². The van der Waals surface area contributed by atoms with Crippen molar-refractivity contribution in [1.29, 1.82) is 0 Å². The first kappa shape index (κ1) is 11.0. The Kier molecular flexibility index (Phi) is 4.78. The van der Waals surface area contributed by atoms with Crippen molar-refractivity contribution in [3.05, 3.63) is 0 Å². The normalized spacial score (nSPS) is 19.6. The van der Waals surface area contributed by atoms with E-state index in [1.165, 1.54) is 25.7 Å². The minimum atomic E-state index is -1.21. The van der Waals surface area contributed by atoms with Crippen LogP contribution < -0.4 is 0 Å². The van der Waals surface area contributed by atoms with Gasteiger partial charge in [-0.15, -0.1) is 0 Å². The molecule has 1 atom stereocenters. The molecule has 1 rings (SSSR count). The molecule has 1 unspecified atom stereocenters. The lowest BCUT2D eigenvalue weighted by molar-refractivity contribution is 0.550. The molecule has 1 aliphatic rings. The van der Waals surface area contributed by atoms with Crippen LogP contribution in [0.25, 0.3) is 0 Å². The van der Waals surface area contributed by atoms with Gasteiger partial charge in [-0.2, -0.15) is 0 Å². The van der Waals surface area contributed by atoms with E-state index >= 15 is 0 Å². The molecule has 0 aromatic rings. The summed E-state index contributed by atoms with van der Waals surface area (Å²) in [7, 11) is -1.21. The van der Waals surface area contributed by atoms with Gasteiger partial charge in [0.2, 0.25) is 0 Å². The van der Waals surface area contributed by atoms with E-state index in [9.17, 15) is 4.21 Å². The third-order valence-electron chi connectivity index (χ3n) is 2.22. The fourth-order valence-electron chi connectivity index (χ4n) is 1.23. The van der Waals surface area contributed by atoms with Crippen molar-refractivity contribution in [3.63, 3.8) is 0 Å². The van der Waals surface area contributed by atoms with Gasteiger partial charge in [0.05, 0.1) is 6.04 Å². The van der Waals surface area contributed by atoms with E-state index in [-0.39, 0.29) is 0 Å². The topological polar surface area (TPSA) is 29.4 Å². The SMILES string of the molecule is CC(C)CCCC/[SH](=O)=N/C1CC1. The minimum absolute atomic E-state index is 0.466. The second-order valence-electron chi connectivity index (χ2n) is 4.31. The van der Waals surface area contributed by atoms with Gasteiger partial charge in [0.15, 0.2) is 0 Å². The zero-order valence-corrected chi connectivity index (χ0v) is 9.59. The Bertz CT molecular complexity index is 215. The Balaban J connectivity index is 2.01. The van der Waals surface area contributed by atoms with E-state index in [1.54, 1.807) is 0 Å². The molecule has 0 N–H and O–H groups in total. The first-order chi connectivity index (χ1) is 6.18. The lowest BCUT2D eigenvalue weighted by Crippen LogP contribution is -1.92. The number of nitrogens with zero attached hydrogens (tertiary/aromatic N) is 1. The molecule has 2 nitrogen and oxygen atoms in total. The number of rotatable bonds is 6. The Hall–Kier alpha value is -0.0500. The molecule has 78 valence electrons. The maximum Gasteiger partial charge on any atom is 0.0593 e. The largest absolute Gasteiger partial charge is 0.253 e. The summed E-state index contributed by atoms with van der Waals surface area (Å²) in [6.45, 7) is 4.46. The summed E-state index contributed by atoms with van der Waals surface area (Å²) in [4.78, 5) is 0. The molecule has 1 fully saturated rings. The molecule has 0 radical (unpaired) electrons. The third-order valence-corrected chi connectivity index (χ3v) is 3.50. The van der Waals surface area contributed by atoms with Gasteiger partial charge in [-0.1, -0.05) is 26.7 Å². The molecule has 0 spiro atoms. The first-order valence-electron chi connectivity index (χ1n) is 5.34. The number of unbranched alkanes of at least 4 members (excludes halogenated alkanes) is 1. The maximum atomic E-state index is 11.3. The number of thiol groups is 1. The smallest absolute Gasteiger partial charge is 0.0593 e. The fourth-order valence-corrected chi connectivity index (χ4v) is 2.43. The summed E-state index contributed by atoms with van der Waals surface area (Å²) >= 11 is 0. The second kappa shape index (κ2) is 5.63. The van der Waals surface area contributed by atoms with Gasteiger partial charge in [-0.25, -0.2) is 4.36 Å². The summed E-state index contributed by atoms with van der Waals surface area (Å²) in [6.07, 6.45) is 5.90. The van der Waals surface area contributed by atoms with Crippen LogP contribution in [0.3, 0.4) is 0 Å². The summed E-state index contributed by atoms with van der Waals surface area (Å²) in [6, 6.07) is 0.466. The number of hydrogen-bond acceptors (Lipinski definition) is 2. The highest BCUT2D eigenvalue weighted by atomic mass is 32.2. The molecular weight excluding hydrogens is 182 g/mol. The molecule has 0 amide bonds. The molecule has 0 aromatic heterocycles. The molecule has 13 heavy (non-hydrogen) atoms. The van der Waals surface area contributed by atoms with Gasteiger partial charge in [0.25, 0.3) is 0 Å². The molecule has 1 aliphatic carbocycles. The van der Waals surface area contributed by atoms with Crippen LogP contribution in [-0.2, 0) is 10.6 Å². The van der Waals surface area contributed by atoms with Crippen molar-refractivity contribution in [2.75, 3.05) is 5.75 Å². The van der Waals surface area contributed by atoms with Crippen LogP contribution in [0.1, 0.15) is 46.0 Å². The van der Waals surface area contributed by atoms with Gasteiger partial charge in [0.1, 0.15) is 0 Å². The summed E-state index contributed by atoms with van der Waals surface area (Å²) in [5.41, 5.74) is 0. The van der Waals surface area contributed by atoms with E-state index in [0.717, 1.165) is 18.1 Å². The molecule has 3 heteroatoms. The lowest BCUT2D eigenvalue weighted by Gasteiger charge is -2.01. The Labute approximate surface area is 83.3 Å². The lowest BCUT2D eigenvalue weighted by atomic mass is 10.1. The maximum absolute atomic E-state index is 11.3. The monoisotopic (exact) mass is 203 g/mol. The van der Waals surface area contributed by atoms with Gasteiger partial charge in [-0.05, 0) is 25.2 Å². The quantitative estimate of drug-likeness (QED) is 0.522. The predicted octanol–water partition coefficient (Wildman–Crippen LogP) is 2.64. The fraction of sp³-hybridized carbons (Fsp3) is 1.00. The molecule has 1 saturated carbocycles. The summed E-state index contributed by atoms with van der Waals surface area (Å²) in [5, 5.41) is 0. The van der Waals surface area contributed by atoms with Crippen molar-refractivity contribution < 1.29 is 4.21 Å². The van der Waals surface area contributed by atoms with Crippen molar-refractivity contribution >= 4 is 10.6 Å². The van der Waals surface area contributed by atoms with Crippen molar-refractivity contribution in [1.82, 2.24) is 0 Å². The highest BCUT2D eigenvalue weighted by Crippen LogP contribution is 2.23. The van der Waals surface area contributed by atoms with Crippen LogP contribution in [0.5, 0.6) is 0 Å². The molecular formula is C10H21NOS. The zero-order chi connectivity index (χ0) is 9.68. The summed E-state index contributed by atoms with van der Waals surface area (Å²) in [5.74, 6) is 1.59. The average Bonchev–Trinajstić information content (AvgIpc) is 2.81. The number of hydrogen-bond donors (Lipinski definition) is 1. The zero-order valence-electron chi connectivity index (χ0n) is 8.70.